The summed E-state index contributed by atoms with van der Waals surface area (Å²) in [5, 5.41) is 3.12. The molecule has 0 saturated heterocycles. The molecule has 0 fully saturated rings. The lowest BCUT2D eigenvalue weighted by Gasteiger charge is -2.15. The molecule has 0 saturated carbocycles. The number of aromatic nitrogens is 2. The van der Waals surface area contributed by atoms with Gasteiger partial charge in [0.2, 0.25) is 5.88 Å². The van der Waals surface area contributed by atoms with Crippen LogP contribution in [-0.4, -0.2) is 30.3 Å². The number of nitrogen functional groups attached to an aromatic ring is 1. The van der Waals surface area contributed by atoms with E-state index in [1.165, 1.54) is 6.33 Å². The highest BCUT2D eigenvalue weighted by molar-refractivity contribution is 5.75. The maximum Gasteiger partial charge on any atom is 0.242 e. The molecule has 0 bridgehead atoms. The zero-order valence-corrected chi connectivity index (χ0v) is 13.1. The summed E-state index contributed by atoms with van der Waals surface area (Å²) < 4.78 is 16.1. The van der Waals surface area contributed by atoms with Gasteiger partial charge in [-0.3, -0.25) is 0 Å². The molecule has 0 atom stereocenters. The van der Waals surface area contributed by atoms with Crippen molar-refractivity contribution in [2.24, 2.45) is 0 Å². The van der Waals surface area contributed by atoms with Crippen molar-refractivity contribution in [3.8, 4) is 17.4 Å². The van der Waals surface area contributed by atoms with Crippen LogP contribution in [0.2, 0.25) is 0 Å². The summed E-state index contributed by atoms with van der Waals surface area (Å²) in [6.07, 6.45) is 1.37. The number of benzene rings is 1. The molecule has 0 radical (unpaired) electrons. The molecular weight excluding hydrogens is 284 g/mol. The molecule has 118 valence electrons. The summed E-state index contributed by atoms with van der Waals surface area (Å²) in [5.74, 6) is 2.11. The van der Waals surface area contributed by atoms with Gasteiger partial charge >= 0.3 is 0 Å². The number of nitrogens with zero attached hydrogens (tertiary/aromatic N) is 2. The zero-order valence-electron chi connectivity index (χ0n) is 13.1. The molecule has 1 aromatic heterocycles. The Morgan fingerprint density at radius 2 is 1.91 bits per heavy atom. The van der Waals surface area contributed by atoms with Crippen molar-refractivity contribution in [3.05, 3.63) is 24.5 Å². The van der Waals surface area contributed by atoms with Gasteiger partial charge in [0.05, 0.1) is 26.0 Å². The van der Waals surface area contributed by atoms with E-state index >= 15 is 0 Å². The number of rotatable bonds is 6. The van der Waals surface area contributed by atoms with Crippen LogP contribution < -0.4 is 25.3 Å². The average molecular weight is 304 g/mol. The number of hydrogen-bond donors (Lipinski definition) is 2. The van der Waals surface area contributed by atoms with Crippen molar-refractivity contribution in [3.63, 3.8) is 0 Å². The molecule has 1 aromatic carbocycles. The Morgan fingerprint density at radius 1 is 1.14 bits per heavy atom. The van der Waals surface area contributed by atoms with E-state index in [2.05, 4.69) is 15.3 Å². The number of hydrogen-bond acceptors (Lipinski definition) is 7. The quantitative estimate of drug-likeness (QED) is 0.847. The van der Waals surface area contributed by atoms with Gasteiger partial charge in [-0.05, 0) is 26.0 Å². The predicted octanol–water partition coefficient (Wildman–Crippen LogP) is 2.61. The minimum absolute atomic E-state index is 0.0272. The van der Waals surface area contributed by atoms with Gasteiger partial charge in [0.15, 0.2) is 5.82 Å². The summed E-state index contributed by atoms with van der Waals surface area (Å²) in [4.78, 5) is 8.19. The lowest BCUT2D eigenvalue weighted by Crippen LogP contribution is -2.11. The van der Waals surface area contributed by atoms with Crippen molar-refractivity contribution in [1.82, 2.24) is 9.97 Å². The molecule has 0 unspecified atom stereocenters. The van der Waals surface area contributed by atoms with Gasteiger partial charge in [-0.15, -0.1) is 0 Å². The van der Waals surface area contributed by atoms with Crippen LogP contribution in [0.15, 0.2) is 24.5 Å². The number of ether oxygens (including phenoxy) is 3. The lowest BCUT2D eigenvalue weighted by atomic mass is 10.2. The van der Waals surface area contributed by atoms with Gasteiger partial charge in [-0.2, -0.15) is 4.98 Å². The van der Waals surface area contributed by atoms with E-state index in [4.69, 9.17) is 19.9 Å². The second kappa shape index (κ2) is 6.84. The maximum atomic E-state index is 6.05. The Morgan fingerprint density at radius 3 is 2.55 bits per heavy atom. The van der Waals surface area contributed by atoms with Gasteiger partial charge < -0.3 is 25.3 Å². The first-order valence-corrected chi connectivity index (χ1v) is 6.81. The smallest absolute Gasteiger partial charge is 0.242 e. The molecule has 7 nitrogen and oxygen atoms in total. The van der Waals surface area contributed by atoms with E-state index in [1.807, 2.05) is 26.0 Å². The van der Waals surface area contributed by atoms with Crippen LogP contribution in [0.1, 0.15) is 13.8 Å². The van der Waals surface area contributed by atoms with Crippen LogP contribution in [0, 0.1) is 0 Å². The summed E-state index contributed by atoms with van der Waals surface area (Å²) in [6, 6.07) is 5.40. The second-order valence-electron chi connectivity index (χ2n) is 4.80. The van der Waals surface area contributed by atoms with Crippen LogP contribution in [0.25, 0.3) is 0 Å². The molecule has 2 aromatic rings. The van der Waals surface area contributed by atoms with Crippen molar-refractivity contribution < 1.29 is 14.2 Å². The predicted molar refractivity (Wildman–Crippen MR) is 85.0 cm³/mol. The first-order chi connectivity index (χ1) is 10.5. The molecule has 3 N–H and O–H groups in total. The largest absolute Gasteiger partial charge is 0.497 e. The van der Waals surface area contributed by atoms with Crippen LogP contribution in [0.3, 0.4) is 0 Å². The molecule has 0 aliphatic heterocycles. The number of anilines is 3. The third kappa shape index (κ3) is 3.49. The van der Waals surface area contributed by atoms with Gasteiger partial charge in [-0.1, -0.05) is 0 Å². The lowest BCUT2D eigenvalue weighted by molar-refractivity contribution is 0.234. The second-order valence-corrected chi connectivity index (χ2v) is 4.80. The van der Waals surface area contributed by atoms with Crippen LogP contribution in [0.5, 0.6) is 17.4 Å². The van der Waals surface area contributed by atoms with E-state index in [0.29, 0.717) is 34.6 Å². The van der Waals surface area contributed by atoms with Crippen molar-refractivity contribution in [2.75, 3.05) is 25.3 Å². The van der Waals surface area contributed by atoms with Crippen molar-refractivity contribution in [2.45, 2.75) is 20.0 Å². The highest BCUT2D eigenvalue weighted by atomic mass is 16.5. The summed E-state index contributed by atoms with van der Waals surface area (Å²) in [7, 11) is 3.18. The Hall–Kier alpha value is -2.70. The van der Waals surface area contributed by atoms with E-state index in [0.717, 1.165) is 0 Å². The first-order valence-electron chi connectivity index (χ1n) is 6.81. The standard InChI is InChI=1S/C15H20N4O3/c1-9(2)22-15-13(16)14(17-8-18-15)19-11-6-5-10(20-3)7-12(11)21-4/h5-9H,16H2,1-4H3,(H,17,18,19). The van der Waals surface area contributed by atoms with Gasteiger partial charge in [-0.25, -0.2) is 4.98 Å². The number of nitrogens with two attached hydrogens (primary N) is 1. The zero-order chi connectivity index (χ0) is 16.1. The fourth-order valence-electron chi connectivity index (χ4n) is 1.83. The van der Waals surface area contributed by atoms with Gasteiger partial charge in [0.1, 0.15) is 23.5 Å². The topological polar surface area (TPSA) is 91.5 Å². The molecule has 0 aliphatic rings. The third-order valence-corrected chi connectivity index (χ3v) is 2.86. The molecule has 0 spiro atoms. The first kappa shape index (κ1) is 15.7. The van der Waals surface area contributed by atoms with Gasteiger partial charge in [0.25, 0.3) is 0 Å². The molecule has 7 heteroatoms. The minimum atomic E-state index is -0.0272. The van der Waals surface area contributed by atoms with E-state index in [1.54, 1.807) is 20.3 Å². The SMILES string of the molecule is COc1ccc(Nc2ncnc(OC(C)C)c2N)c(OC)c1. The molecule has 0 amide bonds. The van der Waals surface area contributed by atoms with E-state index in [-0.39, 0.29) is 6.10 Å². The molecule has 1 heterocycles. The third-order valence-electron chi connectivity index (χ3n) is 2.86. The highest BCUT2D eigenvalue weighted by Gasteiger charge is 2.13. The average Bonchev–Trinajstić information content (AvgIpc) is 2.51. The molecule has 2 rings (SSSR count). The van der Waals surface area contributed by atoms with Crippen molar-refractivity contribution >= 4 is 17.2 Å². The fraction of sp³-hybridized carbons (Fsp3) is 0.333. The van der Waals surface area contributed by atoms with Crippen LogP contribution in [-0.2, 0) is 0 Å². The summed E-state index contributed by atoms with van der Waals surface area (Å²) in [6.45, 7) is 3.81. The number of methoxy groups -OCH3 is 2. The van der Waals surface area contributed by atoms with Crippen LogP contribution in [0.4, 0.5) is 17.2 Å². The normalized spacial score (nSPS) is 10.4. The Balaban J connectivity index is 2.31. The van der Waals surface area contributed by atoms with Crippen molar-refractivity contribution in [1.29, 1.82) is 0 Å². The highest BCUT2D eigenvalue weighted by Crippen LogP contribution is 2.34. The Labute approximate surface area is 129 Å². The van der Waals surface area contributed by atoms with Crippen LogP contribution >= 0.6 is 0 Å². The fourth-order valence-corrected chi connectivity index (χ4v) is 1.83. The summed E-state index contributed by atoms with van der Waals surface area (Å²) in [5.41, 5.74) is 7.10. The molecule has 22 heavy (non-hydrogen) atoms. The van der Waals surface area contributed by atoms with E-state index < -0.39 is 0 Å². The monoisotopic (exact) mass is 304 g/mol. The minimum Gasteiger partial charge on any atom is -0.497 e. The summed E-state index contributed by atoms with van der Waals surface area (Å²) >= 11 is 0. The maximum absolute atomic E-state index is 6.05. The Bertz CT molecular complexity index is 647. The Kier molecular flexibility index (Phi) is 4.88. The van der Waals surface area contributed by atoms with Gasteiger partial charge in [0, 0.05) is 6.07 Å². The number of nitrogens with one attached hydrogen (secondary N) is 1. The molecular formula is C15H20N4O3. The molecule has 0 aliphatic carbocycles. The van der Waals surface area contributed by atoms with E-state index in [9.17, 15) is 0 Å².